The van der Waals surface area contributed by atoms with Crippen LogP contribution in [-0.4, -0.2) is 18.9 Å². The molecule has 80 valence electrons. The first-order valence-electron chi connectivity index (χ1n) is 5.19. The van der Waals surface area contributed by atoms with E-state index in [0.29, 0.717) is 6.42 Å². The minimum atomic E-state index is 0.248. The van der Waals surface area contributed by atoms with Crippen molar-refractivity contribution in [2.45, 2.75) is 19.8 Å². The zero-order chi connectivity index (χ0) is 10.8. The molecule has 2 rings (SSSR count). The second kappa shape index (κ2) is 4.23. The third kappa shape index (κ3) is 2.32. The summed E-state index contributed by atoms with van der Waals surface area (Å²) >= 11 is 5.93. The van der Waals surface area contributed by atoms with Crippen LogP contribution in [0.3, 0.4) is 0 Å². The minimum absolute atomic E-state index is 0.248. The van der Waals surface area contributed by atoms with Gasteiger partial charge in [-0.3, -0.25) is 4.79 Å². The normalized spacial score (nSPS) is 14.1. The van der Waals surface area contributed by atoms with Crippen molar-refractivity contribution < 1.29 is 4.79 Å². The van der Waals surface area contributed by atoms with E-state index in [-0.39, 0.29) is 5.78 Å². The molecule has 0 spiro atoms. The number of halogens is 1. The van der Waals surface area contributed by atoms with Gasteiger partial charge in [-0.15, -0.1) is 0 Å². The smallest absolute Gasteiger partial charge is 0.131 e. The number of nitrogens with zero attached hydrogens (tertiary/aromatic N) is 1. The topological polar surface area (TPSA) is 20.3 Å². The molecule has 0 saturated carbocycles. The van der Waals surface area contributed by atoms with E-state index in [1.165, 1.54) is 11.3 Å². The molecule has 0 bridgehead atoms. The maximum absolute atomic E-state index is 10.9. The summed E-state index contributed by atoms with van der Waals surface area (Å²) in [6, 6.07) is 5.97. The molecular weight excluding hydrogens is 210 g/mol. The van der Waals surface area contributed by atoms with Gasteiger partial charge >= 0.3 is 0 Å². The van der Waals surface area contributed by atoms with Crippen molar-refractivity contribution in [3.63, 3.8) is 0 Å². The maximum atomic E-state index is 10.9. The van der Waals surface area contributed by atoms with Gasteiger partial charge in [0.1, 0.15) is 5.78 Å². The average Bonchev–Trinajstić information content (AvgIpc) is 2.57. The van der Waals surface area contributed by atoms with E-state index in [1.807, 2.05) is 18.2 Å². The summed E-state index contributed by atoms with van der Waals surface area (Å²) < 4.78 is 0. The Balaban J connectivity index is 2.11. The van der Waals surface area contributed by atoms with E-state index < -0.39 is 0 Å². The third-order valence-corrected chi connectivity index (χ3v) is 3.00. The van der Waals surface area contributed by atoms with Crippen molar-refractivity contribution in [1.82, 2.24) is 0 Å². The second-order valence-electron chi connectivity index (χ2n) is 3.96. The van der Waals surface area contributed by atoms with Crippen LogP contribution in [0.15, 0.2) is 18.2 Å². The molecule has 0 fully saturated rings. The number of anilines is 1. The molecular formula is C12H14ClNO. The van der Waals surface area contributed by atoms with Crippen molar-refractivity contribution in [3.8, 4) is 0 Å². The zero-order valence-electron chi connectivity index (χ0n) is 8.79. The summed E-state index contributed by atoms with van der Waals surface area (Å²) in [7, 11) is 0. The molecule has 1 aromatic carbocycles. The summed E-state index contributed by atoms with van der Waals surface area (Å²) in [6.07, 6.45) is 1.66. The predicted molar refractivity (Wildman–Crippen MR) is 62.7 cm³/mol. The minimum Gasteiger partial charge on any atom is -0.371 e. The summed E-state index contributed by atoms with van der Waals surface area (Å²) in [4.78, 5) is 13.2. The van der Waals surface area contributed by atoms with E-state index in [1.54, 1.807) is 6.92 Å². The van der Waals surface area contributed by atoms with E-state index in [9.17, 15) is 4.79 Å². The summed E-state index contributed by atoms with van der Waals surface area (Å²) in [5.41, 5.74) is 2.53. The van der Waals surface area contributed by atoms with Gasteiger partial charge in [-0.25, -0.2) is 0 Å². The Bertz CT molecular complexity index is 389. The van der Waals surface area contributed by atoms with Gasteiger partial charge in [-0.2, -0.15) is 0 Å². The Kier molecular flexibility index (Phi) is 2.96. The quantitative estimate of drug-likeness (QED) is 0.785. The van der Waals surface area contributed by atoms with Crippen LogP contribution in [0.2, 0.25) is 5.02 Å². The molecule has 1 aromatic rings. The van der Waals surface area contributed by atoms with Gasteiger partial charge in [0.25, 0.3) is 0 Å². The van der Waals surface area contributed by atoms with E-state index in [0.717, 1.165) is 24.5 Å². The summed E-state index contributed by atoms with van der Waals surface area (Å²) in [5.74, 6) is 0.248. The van der Waals surface area contributed by atoms with Crippen LogP contribution in [0.1, 0.15) is 18.9 Å². The van der Waals surface area contributed by atoms with Crippen LogP contribution in [0.5, 0.6) is 0 Å². The highest BCUT2D eigenvalue weighted by Crippen LogP contribution is 2.30. The van der Waals surface area contributed by atoms with Crippen molar-refractivity contribution in [2.24, 2.45) is 0 Å². The van der Waals surface area contributed by atoms with Gasteiger partial charge in [0.2, 0.25) is 0 Å². The van der Waals surface area contributed by atoms with Crippen LogP contribution in [0.4, 0.5) is 5.69 Å². The molecule has 0 aromatic heterocycles. The van der Waals surface area contributed by atoms with Crippen LogP contribution in [0, 0.1) is 0 Å². The molecule has 0 atom stereocenters. The van der Waals surface area contributed by atoms with E-state index in [2.05, 4.69) is 4.90 Å². The standard InChI is InChI=1S/C12H14ClNO/c1-9(15)4-6-14-7-5-10-8-11(13)2-3-12(10)14/h2-3,8H,4-7H2,1H3. The maximum Gasteiger partial charge on any atom is 0.131 e. The average molecular weight is 224 g/mol. The Morgan fingerprint density at radius 2 is 2.33 bits per heavy atom. The van der Waals surface area contributed by atoms with Gasteiger partial charge in [-0.1, -0.05) is 11.6 Å². The Hall–Kier alpha value is -1.02. The molecule has 15 heavy (non-hydrogen) atoms. The number of carbonyl (C=O) groups excluding carboxylic acids is 1. The van der Waals surface area contributed by atoms with E-state index in [4.69, 9.17) is 11.6 Å². The number of carbonyl (C=O) groups is 1. The van der Waals surface area contributed by atoms with Gasteiger partial charge < -0.3 is 4.90 Å². The lowest BCUT2D eigenvalue weighted by atomic mass is 10.2. The molecule has 0 radical (unpaired) electrons. The number of fused-ring (bicyclic) bond motifs is 1. The predicted octanol–water partition coefficient (Wildman–Crippen LogP) is 2.68. The number of hydrogen-bond donors (Lipinski definition) is 0. The molecule has 2 nitrogen and oxygen atoms in total. The lowest BCUT2D eigenvalue weighted by Gasteiger charge is -2.18. The number of ketones is 1. The van der Waals surface area contributed by atoms with Gasteiger partial charge in [0.15, 0.2) is 0 Å². The fraction of sp³-hybridized carbons (Fsp3) is 0.417. The first-order valence-corrected chi connectivity index (χ1v) is 5.57. The highest BCUT2D eigenvalue weighted by atomic mass is 35.5. The number of rotatable bonds is 3. The Morgan fingerprint density at radius 1 is 1.53 bits per heavy atom. The summed E-state index contributed by atoms with van der Waals surface area (Å²) in [5, 5.41) is 0.794. The molecule has 1 aliphatic heterocycles. The molecule has 0 N–H and O–H groups in total. The molecule has 0 aliphatic carbocycles. The number of hydrogen-bond acceptors (Lipinski definition) is 2. The van der Waals surface area contributed by atoms with E-state index >= 15 is 0 Å². The van der Waals surface area contributed by atoms with Crippen LogP contribution in [0.25, 0.3) is 0 Å². The molecule has 3 heteroatoms. The SMILES string of the molecule is CC(=O)CCN1CCc2cc(Cl)ccc21. The highest BCUT2D eigenvalue weighted by molar-refractivity contribution is 6.30. The van der Waals surface area contributed by atoms with Crippen LogP contribution in [-0.2, 0) is 11.2 Å². The number of benzene rings is 1. The van der Waals surface area contributed by atoms with Gasteiger partial charge in [-0.05, 0) is 37.1 Å². The highest BCUT2D eigenvalue weighted by Gasteiger charge is 2.18. The lowest BCUT2D eigenvalue weighted by Crippen LogP contribution is -2.23. The first kappa shape index (κ1) is 10.5. The van der Waals surface area contributed by atoms with Crippen molar-refractivity contribution >= 4 is 23.1 Å². The third-order valence-electron chi connectivity index (χ3n) is 2.77. The van der Waals surface area contributed by atoms with Gasteiger partial charge in [0, 0.05) is 30.2 Å². The Morgan fingerprint density at radius 3 is 3.07 bits per heavy atom. The van der Waals surface area contributed by atoms with Crippen LogP contribution < -0.4 is 4.90 Å². The number of Topliss-reactive ketones (excluding diaryl/α,β-unsaturated/α-hetero) is 1. The molecule has 0 saturated heterocycles. The summed E-state index contributed by atoms with van der Waals surface area (Å²) in [6.45, 7) is 3.46. The second-order valence-corrected chi connectivity index (χ2v) is 4.40. The lowest BCUT2D eigenvalue weighted by molar-refractivity contribution is -0.116. The fourth-order valence-electron chi connectivity index (χ4n) is 1.96. The molecule has 1 aliphatic rings. The van der Waals surface area contributed by atoms with Crippen molar-refractivity contribution in [3.05, 3.63) is 28.8 Å². The monoisotopic (exact) mass is 223 g/mol. The Labute approximate surface area is 94.8 Å². The molecule has 0 amide bonds. The van der Waals surface area contributed by atoms with Crippen molar-refractivity contribution in [1.29, 1.82) is 0 Å². The fourth-order valence-corrected chi connectivity index (χ4v) is 2.16. The molecule has 1 heterocycles. The van der Waals surface area contributed by atoms with Gasteiger partial charge in [0.05, 0.1) is 0 Å². The zero-order valence-corrected chi connectivity index (χ0v) is 9.55. The van der Waals surface area contributed by atoms with Crippen LogP contribution >= 0.6 is 11.6 Å². The first-order chi connectivity index (χ1) is 7.16. The van der Waals surface area contributed by atoms with Crippen molar-refractivity contribution in [2.75, 3.05) is 18.0 Å². The molecule has 0 unspecified atom stereocenters. The largest absolute Gasteiger partial charge is 0.371 e.